The highest BCUT2D eigenvalue weighted by Crippen LogP contribution is 2.16. The smallest absolute Gasteiger partial charge is 0.318 e. The molecule has 0 amide bonds. The van der Waals surface area contributed by atoms with Crippen LogP contribution in [-0.2, 0) is 14.3 Å². The SMILES string of the molecule is C=S(=O)(c1ccc(F)cc1)C(C)C(=O)O. The lowest BCUT2D eigenvalue weighted by Gasteiger charge is -2.13. The normalized spacial score (nSPS) is 16.7. The molecule has 1 N–H and O–H groups in total. The molecular weight excluding hydrogens is 219 g/mol. The van der Waals surface area contributed by atoms with Gasteiger partial charge in [-0.2, -0.15) is 0 Å². The second kappa shape index (κ2) is 4.02. The molecule has 0 aliphatic carbocycles. The number of aliphatic carboxylic acids is 1. The molecule has 0 saturated carbocycles. The van der Waals surface area contributed by atoms with Gasteiger partial charge in [0.05, 0.1) is 0 Å². The Kier molecular flexibility index (Phi) is 3.14. The highest BCUT2D eigenvalue weighted by atomic mass is 32.2. The fraction of sp³-hybridized carbons (Fsp3) is 0.200. The maximum Gasteiger partial charge on any atom is 0.318 e. The quantitative estimate of drug-likeness (QED) is 0.798. The van der Waals surface area contributed by atoms with Crippen molar-refractivity contribution < 1.29 is 18.5 Å². The molecule has 1 aromatic rings. The van der Waals surface area contributed by atoms with Crippen LogP contribution >= 0.6 is 0 Å². The van der Waals surface area contributed by atoms with Crippen molar-refractivity contribution in [3.05, 3.63) is 30.1 Å². The first-order valence-corrected chi connectivity index (χ1v) is 5.99. The van der Waals surface area contributed by atoms with E-state index in [1.165, 1.54) is 19.1 Å². The zero-order chi connectivity index (χ0) is 11.6. The third-order valence-corrected chi connectivity index (χ3v) is 4.55. The van der Waals surface area contributed by atoms with Crippen LogP contribution in [0.15, 0.2) is 29.2 Å². The van der Waals surface area contributed by atoms with E-state index < -0.39 is 26.6 Å². The zero-order valence-electron chi connectivity index (χ0n) is 8.14. The number of carbonyl (C=O) groups is 1. The Labute approximate surface area is 87.6 Å². The molecule has 0 bridgehead atoms. The fourth-order valence-corrected chi connectivity index (χ4v) is 2.36. The maximum atomic E-state index is 12.6. The number of carboxylic acid groups (broad SMARTS) is 1. The summed E-state index contributed by atoms with van der Waals surface area (Å²) in [4.78, 5) is 10.9. The largest absolute Gasteiger partial charge is 0.480 e. The molecule has 1 aromatic carbocycles. The predicted molar refractivity (Wildman–Crippen MR) is 57.0 cm³/mol. The van der Waals surface area contributed by atoms with Crippen LogP contribution in [0.4, 0.5) is 4.39 Å². The van der Waals surface area contributed by atoms with Crippen molar-refractivity contribution in [1.82, 2.24) is 0 Å². The van der Waals surface area contributed by atoms with E-state index in [2.05, 4.69) is 5.87 Å². The number of halogens is 1. The van der Waals surface area contributed by atoms with Gasteiger partial charge >= 0.3 is 5.97 Å². The van der Waals surface area contributed by atoms with Gasteiger partial charge in [-0.15, -0.1) is 0 Å². The Bertz CT molecular complexity index is 462. The van der Waals surface area contributed by atoms with Gasteiger partial charge in [-0.1, -0.05) is 0 Å². The number of carboxylic acids is 1. The topological polar surface area (TPSA) is 54.4 Å². The molecule has 1 rings (SSSR count). The Hall–Kier alpha value is -1.36. The van der Waals surface area contributed by atoms with E-state index in [0.717, 1.165) is 12.1 Å². The lowest BCUT2D eigenvalue weighted by molar-refractivity contribution is -0.136. The number of rotatable bonds is 3. The van der Waals surface area contributed by atoms with Gasteiger partial charge in [0.1, 0.15) is 11.1 Å². The average molecular weight is 230 g/mol. The van der Waals surface area contributed by atoms with Gasteiger partial charge in [0, 0.05) is 14.4 Å². The molecule has 0 heterocycles. The van der Waals surface area contributed by atoms with E-state index in [9.17, 15) is 13.4 Å². The van der Waals surface area contributed by atoms with E-state index in [-0.39, 0.29) is 4.90 Å². The minimum absolute atomic E-state index is 0.249. The van der Waals surface area contributed by atoms with Crippen LogP contribution in [0.5, 0.6) is 0 Å². The summed E-state index contributed by atoms with van der Waals surface area (Å²) >= 11 is 0. The number of hydrogen-bond acceptors (Lipinski definition) is 2. The van der Waals surface area contributed by atoms with Gasteiger partial charge in [-0.25, -0.2) is 4.39 Å². The Morgan fingerprint density at radius 1 is 1.47 bits per heavy atom. The molecule has 0 saturated heterocycles. The molecule has 2 unspecified atom stereocenters. The first-order valence-electron chi connectivity index (χ1n) is 4.20. The molecule has 15 heavy (non-hydrogen) atoms. The first-order chi connectivity index (χ1) is 6.85. The van der Waals surface area contributed by atoms with Crippen LogP contribution in [0.3, 0.4) is 0 Å². The van der Waals surface area contributed by atoms with Gasteiger partial charge in [0.15, 0.2) is 0 Å². The first kappa shape index (κ1) is 11.7. The van der Waals surface area contributed by atoms with E-state index in [0.29, 0.717) is 0 Å². The van der Waals surface area contributed by atoms with Gasteiger partial charge < -0.3 is 5.11 Å². The monoisotopic (exact) mass is 230 g/mol. The molecule has 0 fully saturated rings. The summed E-state index contributed by atoms with van der Waals surface area (Å²) in [6.07, 6.45) is 0. The molecule has 0 spiro atoms. The summed E-state index contributed by atoms with van der Waals surface area (Å²) < 4.78 is 24.6. The highest BCUT2D eigenvalue weighted by Gasteiger charge is 2.23. The molecule has 3 nitrogen and oxygen atoms in total. The van der Waals surface area contributed by atoms with Crippen molar-refractivity contribution in [3.63, 3.8) is 0 Å². The lowest BCUT2D eigenvalue weighted by Crippen LogP contribution is -2.26. The Morgan fingerprint density at radius 2 is 1.93 bits per heavy atom. The molecule has 0 aliphatic heterocycles. The fourth-order valence-electron chi connectivity index (χ4n) is 1.03. The molecule has 5 heteroatoms. The summed E-state index contributed by atoms with van der Waals surface area (Å²) in [5, 5.41) is 7.65. The van der Waals surface area contributed by atoms with Gasteiger partial charge in [0.2, 0.25) is 0 Å². The lowest BCUT2D eigenvalue weighted by atomic mass is 10.3. The highest BCUT2D eigenvalue weighted by molar-refractivity contribution is 8.01. The number of benzene rings is 1. The maximum absolute atomic E-state index is 12.6. The summed E-state index contributed by atoms with van der Waals surface area (Å²) in [6.45, 7) is 1.32. The van der Waals surface area contributed by atoms with Crippen LogP contribution in [0.25, 0.3) is 0 Å². The van der Waals surface area contributed by atoms with Crippen molar-refractivity contribution in [3.8, 4) is 0 Å². The van der Waals surface area contributed by atoms with Gasteiger partial charge in [0.25, 0.3) is 0 Å². The van der Waals surface area contributed by atoms with Crippen molar-refractivity contribution >= 4 is 21.4 Å². The number of hydrogen-bond donors (Lipinski definition) is 1. The summed E-state index contributed by atoms with van der Waals surface area (Å²) in [7, 11) is -2.92. The summed E-state index contributed by atoms with van der Waals surface area (Å²) in [6, 6.07) is 4.86. The van der Waals surface area contributed by atoms with Crippen molar-refractivity contribution in [2.24, 2.45) is 0 Å². The van der Waals surface area contributed by atoms with E-state index in [1.807, 2.05) is 0 Å². The molecular formula is C10H11FO3S. The van der Waals surface area contributed by atoms with Crippen LogP contribution in [0.2, 0.25) is 0 Å². The average Bonchev–Trinajstić information content (AvgIpc) is 2.17. The second-order valence-corrected chi connectivity index (χ2v) is 5.79. The Morgan fingerprint density at radius 3 is 2.33 bits per heavy atom. The summed E-state index contributed by atoms with van der Waals surface area (Å²) in [5.74, 6) is 1.77. The van der Waals surface area contributed by atoms with Gasteiger partial charge in [-0.05, 0) is 37.1 Å². The Balaban J connectivity index is 3.17. The van der Waals surface area contributed by atoms with Gasteiger partial charge in [-0.3, -0.25) is 9.00 Å². The standard InChI is InChI=1S/C10H11FO3S/c1-7(10(12)13)15(2,14)9-5-3-8(11)4-6-9/h3-7H,2H2,1H3,(H,12,13). The second-order valence-electron chi connectivity index (χ2n) is 3.16. The van der Waals surface area contributed by atoms with Crippen molar-refractivity contribution in [2.45, 2.75) is 17.1 Å². The predicted octanol–water partition coefficient (Wildman–Crippen LogP) is 1.37. The van der Waals surface area contributed by atoms with Crippen LogP contribution in [-0.4, -0.2) is 26.4 Å². The molecule has 0 aromatic heterocycles. The molecule has 2 atom stereocenters. The third-order valence-electron chi connectivity index (χ3n) is 2.13. The molecule has 0 aliphatic rings. The zero-order valence-corrected chi connectivity index (χ0v) is 8.96. The summed E-state index contributed by atoms with van der Waals surface area (Å²) in [5.41, 5.74) is 0. The van der Waals surface area contributed by atoms with Crippen LogP contribution in [0.1, 0.15) is 6.92 Å². The van der Waals surface area contributed by atoms with Crippen LogP contribution in [0, 0.1) is 5.82 Å². The minimum atomic E-state index is -2.92. The van der Waals surface area contributed by atoms with E-state index >= 15 is 0 Å². The van der Waals surface area contributed by atoms with Crippen molar-refractivity contribution in [2.75, 3.05) is 0 Å². The third kappa shape index (κ3) is 2.36. The van der Waals surface area contributed by atoms with E-state index in [1.54, 1.807) is 0 Å². The molecule has 82 valence electrons. The minimum Gasteiger partial charge on any atom is -0.480 e. The van der Waals surface area contributed by atoms with E-state index in [4.69, 9.17) is 5.11 Å². The molecule has 0 radical (unpaired) electrons. The van der Waals surface area contributed by atoms with Crippen molar-refractivity contribution in [1.29, 1.82) is 0 Å². The van der Waals surface area contributed by atoms with Crippen LogP contribution < -0.4 is 0 Å².